The Kier molecular flexibility index (Phi) is 2.72. The molecule has 0 aliphatic rings. The molecule has 2 aromatic rings. The predicted octanol–water partition coefficient (Wildman–Crippen LogP) is 2.90. The lowest BCUT2D eigenvalue weighted by molar-refractivity contribution is 0.477. The number of aryl methyl sites for hydroxylation is 1. The number of pyridine rings is 1. The number of hydrogen-bond acceptors (Lipinski definition) is 3. The van der Waals surface area contributed by atoms with Gasteiger partial charge in [-0.25, -0.2) is 4.39 Å². The van der Waals surface area contributed by atoms with Crippen LogP contribution in [0.2, 0.25) is 0 Å². The summed E-state index contributed by atoms with van der Waals surface area (Å²) in [6.45, 7) is 1.88. The van der Waals surface area contributed by atoms with Crippen molar-refractivity contribution >= 4 is 5.69 Å². The van der Waals surface area contributed by atoms with Crippen molar-refractivity contribution in [1.29, 1.82) is 0 Å². The summed E-state index contributed by atoms with van der Waals surface area (Å²) in [5.74, 6) is 0.339. The number of rotatable bonds is 2. The van der Waals surface area contributed by atoms with Gasteiger partial charge in [-0.05, 0) is 31.2 Å². The molecule has 3 nitrogen and oxygen atoms in total. The van der Waals surface area contributed by atoms with Gasteiger partial charge in [0.05, 0.1) is 6.20 Å². The highest BCUT2D eigenvalue weighted by atomic mass is 19.1. The maximum atomic E-state index is 13.1. The Hall–Kier alpha value is -2.10. The van der Waals surface area contributed by atoms with Crippen LogP contribution >= 0.6 is 0 Å². The van der Waals surface area contributed by atoms with E-state index in [9.17, 15) is 4.39 Å². The quantitative estimate of drug-likeness (QED) is 0.788. The van der Waals surface area contributed by atoms with E-state index in [0.29, 0.717) is 11.5 Å². The van der Waals surface area contributed by atoms with Gasteiger partial charge in [-0.1, -0.05) is 6.07 Å². The van der Waals surface area contributed by atoms with Crippen molar-refractivity contribution < 1.29 is 9.13 Å². The van der Waals surface area contributed by atoms with E-state index in [-0.39, 0.29) is 5.69 Å². The van der Waals surface area contributed by atoms with E-state index < -0.39 is 5.82 Å². The maximum Gasteiger partial charge on any atom is 0.153 e. The molecule has 0 amide bonds. The molecule has 4 heteroatoms. The lowest BCUT2D eigenvalue weighted by Crippen LogP contribution is -1.95. The molecule has 2 N–H and O–H groups in total. The summed E-state index contributed by atoms with van der Waals surface area (Å²) in [7, 11) is 0. The van der Waals surface area contributed by atoms with E-state index >= 15 is 0 Å². The lowest BCUT2D eigenvalue weighted by Gasteiger charge is -2.08. The van der Waals surface area contributed by atoms with Crippen molar-refractivity contribution in [2.45, 2.75) is 6.92 Å². The molecule has 0 aliphatic heterocycles. The Balaban J connectivity index is 2.27. The van der Waals surface area contributed by atoms with Crippen LogP contribution < -0.4 is 10.5 Å². The summed E-state index contributed by atoms with van der Waals surface area (Å²) < 4.78 is 18.5. The summed E-state index contributed by atoms with van der Waals surface area (Å²) in [4.78, 5) is 4.07. The first-order chi connectivity index (χ1) is 7.66. The van der Waals surface area contributed by atoms with Gasteiger partial charge in [0, 0.05) is 5.69 Å². The number of para-hydroxylation sites is 1. The first-order valence-electron chi connectivity index (χ1n) is 4.81. The van der Waals surface area contributed by atoms with E-state index in [1.807, 2.05) is 13.0 Å². The van der Waals surface area contributed by atoms with E-state index in [0.717, 1.165) is 5.69 Å². The van der Waals surface area contributed by atoms with Gasteiger partial charge >= 0.3 is 0 Å². The molecule has 0 radical (unpaired) electrons. The van der Waals surface area contributed by atoms with E-state index in [1.54, 1.807) is 24.4 Å². The average molecular weight is 218 g/mol. The van der Waals surface area contributed by atoms with Crippen molar-refractivity contribution in [2.75, 3.05) is 5.73 Å². The van der Waals surface area contributed by atoms with Crippen LogP contribution in [0, 0.1) is 12.7 Å². The molecular formula is C12H11FN2O. The number of nitrogens with two attached hydrogens (primary N) is 1. The number of anilines is 1. The molecule has 82 valence electrons. The summed E-state index contributed by atoms with van der Waals surface area (Å²) in [6.07, 6.45) is 1.57. The minimum atomic E-state index is -0.488. The van der Waals surface area contributed by atoms with Gasteiger partial charge in [-0.15, -0.1) is 0 Å². The fourth-order valence-corrected chi connectivity index (χ4v) is 1.25. The first-order valence-corrected chi connectivity index (χ1v) is 4.81. The third-order valence-electron chi connectivity index (χ3n) is 2.12. The zero-order valence-corrected chi connectivity index (χ0v) is 8.77. The van der Waals surface area contributed by atoms with Crippen LogP contribution in [0.5, 0.6) is 11.5 Å². The highest BCUT2D eigenvalue weighted by molar-refractivity contribution is 5.54. The van der Waals surface area contributed by atoms with Crippen molar-refractivity contribution in [1.82, 2.24) is 4.98 Å². The topological polar surface area (TPSA) is 48.1 Å². The molecule has 16 heavy (non-hydrogen) atoms. The normalized spacial score (nSPS) is 10.1. The smallest absolute Gasteiger partial charge is 0.153 e. The number of nitrogen functional groups attached to an aromatic ring is 1. The van der Waals surface area contributed by atoms with Crippen LogP contribution in [0.25, 0.3) is 0 Å². The molecular weight excluding hydrogens is 207 g/mol. The predicted molar refractivity (Wildman–Crippen MR) is 59.9 cm³/mol. The van der Waals surface area contributed by atoms with Crippen molar-refractivity contribution in [3.05, 3.63) is 48.0 Å². The minimum Gasteiger partial charge on any atom is -0.453 e. The fourth-order valence-electron chi connectivity index (χ4n) is 1.25. The SMILES string of the molecule is Cc1ccc(Oc2cccc(F)c2N)cn1. The Morgan fingerprint density at radius 1 is 1.25 bits per heavy atom. The Morgan fingerprint density at radius 2 is 2.06 bits per heavy atom. The van der Waals surface area contributed by atoms with Gasteiger partial charge in [-0.2, -0.15) is 0 Å². The molecule has 0 unspecified atom stereocenters. The van der Waals surface area contributed by atoms with Crippen LogP contribution in [-0.2, 0) is 0 Å². The molecule has 1 aromatic carbocycles. The summed E-state index contributed by atoms with van der Waals surface area (Å²) in [5.41, 5.74) is 6.43. The molecule has 1 heterocycles. The molecule has 0 spiro atoms. The monoisotopic (exact) mass is 218 g/mol. The second-order valence-corrected chi connectivity index (χ2v) is 3.39. The highest BCUT2D eigenvalue weighted by Gasteiger charge is 2.06. The third-order valence-corrected chi connectivity index (χ3v) is 2.12. The zero-order chi connectivity index (χ0) is 11.5. The lowest BCUT2D eigenvalue weighted by atomic mass is 10.3. The third kappa shape index (κ3) is 2.11. The van der Waals surface area contributed by atoms with Gasteiger partial charge in [-0.3, -0.25) is 4.98 Å². The molecule has 0 aliphatic carbocycles. The Morgan fingerprint density at radius 3 is 2.75 bits per heavy atom. The maximum absolute atomic E-state index is 13.1. The van der Waals surface area contributed by atoms with Gasteiger partial charge < -0.3 is 10.5 Å². The van der Waals surface area contributed by atoms with Crippen LogP contribution in [0.15, 0.2) is 36.5 Å². The standard InChI is InChI=1S/C12H11FN2O/c1-8-5-6-9(7-15-8)16-11-4-2-3-10(13)12(11)14/h2-7H,14H2,1H3. The van der Waals surface area contributed by atoms with Crippen molar-refractivity contribution in [3.8, 4) is 11.5 Å². The van der Waals surface area contributed by atoms with Gasteiger partial charge in [0.1, 0.15) is 17.3 Å². The summed E-state index contributed by atoms with van der Waals surface area (Å²) in [5, 5.41) is 0. The molecule has 0 saturated carbocycles. The van der Waals surface area contributed by atoms with E-state index in [4.69, 9.17) is 10.5 Å². The number of hydrogen-bond donors (Lipinski definition) is 1. The largest absolute Gasteiger partial charge is 0.453 e. The number of ether oxygens (including phenoxy) is 1. The van der Waals surface area contributed by atoms with Crippen LogP contribution in [0.4, 0.5) is 10.1 Å². The zero-order valence-electron chi connectivity index (χ0n) is 8.77. The molecule has 2 rings (SSSR count). The van der Waals surface area contributed by atoms with Gasteiger partial charge in [0.15, 0.2) is 5.75 Å². The number of benzene rings is 1. The molecule has 1 aromatic heterocycles. The van der Waals surface area contributed by atoms with Gasteiger partial charge in [0.2, 0.25) is 0 Å². The Bertz CT molecular complexity index is 497. The van der Waals surface area contributed by atoms with Crippen LogP contribution in [0.1, 0.15) is 5.69 Å². The number of halogens is 1. The molecule has 0 fully saturated rings. The number of nitrogens with zero attached hydrogens (tertiary/aromatic N) is 1. The second-order valence-electron chi connectivity index (χ2n) is 3.39. The van der Waals surface area contributed by atoms with Crippen LogP contribution in [-0.4, -0.2) is 4.98 Å². The first kappa shape index (κ1) is 10.4. The highest BCUT2D eigenvalue weighted by Crippen LogP contribution is 2.28. The van der Waals surface area contributed by atoms with Crippen molar-refractivity contribution in [3.63, 3.8) is 0 Å². The molecule has 0 bridgehead atoms. The average Bonchev–Trinajstić information content (AvgIpc) is 2.28. The Labute approximate surface area is 92.7 Å². The fraction of sp³-hybridized carbons (Fsp3) is 0.0833. The number of aromatic nitrogens is 1. The van der Waals surface area contributed by atoms with Gasteiger partial charge in [0.25, 0.3) is 0 Å². The minimum absolute atomic E-state index is 0.00285. The summed E-state index contributed by atoms with van der Waals surface area (Å²) >= 11 is 0. The molecule has 0 saturated heterocycles. The summed E-state index contributed by atoms with van der Waals surface area (Å²) in [6, 6.07) is 8.01. The van der Waals surface area contributed by atoms with Crippen LogP contribution in [0.3, 0.4) is 0 Å². The second kappa shape index (κ2) is 4.18. The van der Waals surface area contributed by atoms with E-state index in [2.05, 4.69) is 4.98 Å². The van der Waals surface area contributed by atoms with E-state index in [1.165, 1.54) is 6.07 Å². The molecule has 0 atom stereocenters. The van der Waals surface area contributed by atoms with Crippen molar-refractivity contribution in [2.24, 2.45) is 0 Å².